The number of aromatic nitrogens is 4. The fraction of sp³-hybridized carbons (Fsp3) is 0.632. The maximum Gasteiger partial charge on any atom is 0.132 e. The Kier molecular flexibility index (Phi) is 7.48. The third kappa shape index (κ3) is 4.55. The highest BCUT2D eigenvalue weighted by Crippen LogP contribution is 2.36. The van der Waals surface area contributed by atoms with Gasteiger partial charge in [-0.25, -0.2) is 15.0 Å². The predicted octanol–water partition coefficient (Wildman–Crippen LogP) is 3.69. The molecule has 1 aliphatic carbocycles. The Balaban J connectivity index is 0.00000131. The minimum Gasteiger partial charge on any atom is -0.356 e. The van der Waals surface area contributed by atoms with Crippen LogP contribution < -0.4 is 10.6 Å². The molecule has 0 radical (unpaired) electrons. The Hall–Kier alpha value is -1.37. The van der Waals surface area contributed by atoms with Crippen molar-refractivity contribution in [1.29, 1.82) is 0 Å². The second-order valence-corrected chi connectivity index (χ2v) is 7.78. The molecule has 2 aromatic rings. The van der Waals surface area contributed by atoms with E-state index in [9.17, 15) is 0 Å². The van der Waals surface area contributed by atoms with E-state index in [0.717, 1.165) is 50.3 Å². The molecule has 1 saturated heterocycles. The summed E-state index contributed by atoms with van der Waals surface area (Å²) in [6.45, 7) is 6.48. The van der Waals surface area contributed by atoms with E-state index in [1.807, 2.05) is 6.20 Å². The molecule has 0 unspecified atom stereocenters. The topological polar surface area (TPSA) is 72.9 Å². The van der Waals surface area contributed by atoms with Crippen LogP contribution >= 0.6 is 24.8 Å². The lowest BCUT2D eigenvalue weighted by atomic mass is 9.78. The Labute approximate surface area is 173 Å². The van der Waals surface area contributed by atoms with Crippen molar-refractivity contribution in [3.8, 4) is 0 Å². The number of piperidine rings is 1. The van der Waals surface area contributed by atoms with Gasteiger partial charge < -0.3 is 15.2 Å². The lowest BCUT2D eigenvalue weighted by Crippen LogP contribution is -2.36. The highest BCUT2D eigenvalue weighted by molar-refractivity contribution is 5.85. The van der Waals surface area contributed by atoms with Crippen molar-refractivity contribution >= 4 is 30.6 Å². The lowest BCUT2D eigenvalue weighted by molar-refractivity contribution is 0.345. The van der Waals surface area contributed by atoms with Gasteiger partial charge in [0, 0.05) is 61.2 Å². The van der Waals surface area contributed by atoms with Gasteiger partial charge in [-0.1, -0.05) is 0 Å². The quantitative estimate of drug-likeness (QED) is 0.828. The molecule has 8 heteroatoms. The Morgan fingerprint density at radius 3 is 2.37 bits per heavy atom. The third-order valence-corrected chi connectivity index (χ3v) is 5.71. The zero-order valence-corrected chi connectivity index (χ0v) is 17.6. The second kappa shape index (κ2) is 9.22. The van der Waals surface area contributed by atoms with Gasteiger partial charge in [-0.3, -0.25) is 0 Å². The van der Waals surface area contributed by atoms with Gasteiger partial charge in [-0.15, -0.1) is 24.8 Å². The molecular formula is C19H30Cl2N6. The first-order valence-corrected chi connectivity index (χ1v) is 9.47. The molecule has 4 rings (SSSR count). The smallest absolute Gasteiger partial charge is 0.132 e. The van der Waals surface area contributed by atoms with Crippen LogP contribution in [0, 0.1) is 0 Å². The molecule has 0 bridgehead atoms. The van der Waals surface area contributed by atoms with Crippen molar-refractivity contribution < 1.29 is 0 Å². The van der Waals surface area contributed by atoms with E-state index in [4.69, 9.17) is 5.73 Å². The van der Waals surface area contributed by atoms with E-state index in [2.05, 4.69) is 50.5 Å². The van der Waals surface area contributed by atoms with Gasteiger partial charge in [0.1, 0.15) is 18.0 Å². The summed E-state index contributed by atoms with van der Waals surface area (Å²) >= 11 is 0. The van der Waals surface area contributed by atoms with Gasteiger partial charge in [0.05, 0.1) is 0 Å². The van der Waals surface area contributed by atoms with E-state index in [1.165, 1.54) is 5.82 Å². The summed E-state index contributed by atoms with van der Waals surface area (Å²) in [7, 11) is 0. The largest absolute Gasteiger partial charge is 0.356 e. The zero-order valence-electron chi connectivity index (χ0n) is 16.0. The van der Waals surface area contributed by atoms with E-state index in [-0.39, 0.29) is 24.8 Å². The van der Waals surface area contributed by atoms with Gasteiger partial charge >= 0.3 is 0 Å². The summed E-state index contributed by atoms with van der Waals surface area (Å²) < 4.78 is 2.31. The zero-order chi connectivity index (χ0) is 17.4. The molecule has 1 saturated carbocycles. The molecule has 0 amide bonds. The van der Waals surface area contributed by atoms with E-state index in [1.54, 1.807) is 6.33 Å². The number of nitrogens with two attached hydrogens (primary N) is 1. The molecule has 3 heterocycles. The summed E-state index contributed by atoms with van der Waals surface area (Å²) in [4.78, 5) is 16.0. The summed E-state index contributed by atoms with van der Waals surface area (Å²) in [5.41, 5.74) is 7.08. The number of rotatable bonds is 4. The van der Waals surface area contributed by atoms with Crippen LogP contribution in [0.15, 0.2) is 24.8 Å². The number of hydrogen-bond acceptors (Lipinski definition) is 5. The molecule has 6 nitrogen and oxygen atoms in total. The number of hydrogen-bond donors (Lipinski definition) is 1. The van der Waals surface area contributed by atoms with Gasteiger partial charge in [0.2, 0.25) is 0 Å². The van der Waals surface area contributed by atoms with Crippen LogP contribution in [0.4, 0.5) is 5.82 Å². The summed E-state index contributed by atoms with van der Waals surface area (Å²) in [5.74, 6) is 3.37. The number of anilines is 1. The monoisotopic (exact) mass is 412 g/mol. The molecule has 0 atom stereocenters. The van der Waals surface area contributed by atoms with E-state index in [0.29, 0.717) is 23.9 Å². The standard InChI is InChI=1S/C19H28N6.2ClH/c1-13(2)25-8-5-21-19(25)14-3-6-24(7-4-14)18-11-17(22-12-23-18)15-9-16(20)10-15;;/h5,8,11-16H,3-4,6-7,9-10,20H2,1-2H3;2*1H. The average molecular weight is 413 g/mol. The summed E-state index contributed by atoms with van der Waals surface area (Å²) in [6.07, 6.45) is 10.1. The fourth-order valence-corrected chi connectivity index (χ4v) is 4.11. The van der Waals surface area contributed by atoms with Gasteiger partial charge in [0.15, 0.2) is 0 Å². The molecule has 1 aliphatic heterocycles. The highest BCUT2D eigenvalue weighted by Gasteiger charge is 2.30. The first-order chi connectivity index (χ1) is 12.1. The third-order valence-electron chi connectivity index (χ3n) is 5.71. The maximum absolute atomic E-state index is 5.92. The van der Waals surface area contributed by atoms with Gasteiger partial charge in [0.25, 0.3) is 0 Å². The lowest BCUT2D eigenvalue weighted by Gasteiger charge is -2.35. The Bertz CT molecular complexity index is 720. The van der Waals surface area contributed by atoms with Crippen LogP contribution in [0.3, 0.4) is 0 Å². The molecule has 2 N–H and O–H groups in total. The van der Waals surface area contributed by atoms with Gasteiger partial charge in [-0.2, -0.15) is 0 Å². The normalized spacial score (nSPS) is 22.7. The second-order valence-electron chi connectivity index (χ2n) is 7.78. The maximum atomic E-state index is 5.92. The average Bonchev–Trinajstić information content (AvgIpc) is 3.09. The molecule has 2 aromatic heterocycles. The van der Waals surface area contributed by atoms with Crippen LogP contribution in [0.5, 0.6) is 0 Å². The first kappa shape index (κ1) is 21.9. The molecule has 0 spiro atoms. The molecular weight excluding hydrogens is 383 g/mol. The van der Waals surface area contributed by atoms with Crippen molar-refractivity contribution in [1.82, 2.24) is 19.5 Å². The molecule has 2 aliphatic rings. The van der Waals surface area contributed by atoms with Crippen LogP contribution in [0.25, 0.3) is 0 Å². The van der Waals surface area contributed by atoms with Crippen LogP contribution in [-0.2, 0) is 0 Å². The van der Waals surface area contributed by atoms with Gasteiger partial charge in [-0.05, 0) is 39.5 Å². The first-order valence-electron chi connectivity index (χ1n) is 9.47. The van der Waals surface area contributed by atoms with Crippen molar-refractivity contribution in [2.24, 2.45) is 5.73 Å². The minimum absolute atomic E-state index is 0. The SMILES string of the molecule is CC(C)n1ccnc1C1CCN(c2cc(C3CC(N)C3)ncn2)CC1.Cl.Cl. The van der Waals surface area contributed by atoms with Crippen molar-refractivity contribution in [3.05, 3.63) is 36.3 Å². The Morgan fingerprint density at radius 2 is 1.74 bits per heavy atom. The number of nitrogens with zero attached hydrogens (tertiary/aromatic N) is 5. The summed E-state index contributed by atoms with van der Waals surface area (Å²) in [6, 6.07) is 2.99. The minimum atomic E-state index is 0. The van der Waals surface area contributed by atoms with Crippen molar-refractivity contribution in [2.75, 3.05) is 18.0 Å². The highest BCUT2D eigenvalue weighted by atomic mass is 35.5. The molecule has 2 fully saturated rings. The molecule has 150 valence electrons. The van der Waals surface area contributed by atoms with Crippen LogP contribution in [0.2, 0.25) is 0 Å². The summed E-state index contributed by atoms with van der Waals surface area (Å²) in [5, 5.41) is 0. The number of imidazole rings is 1. The Morgan fingerprint density at radius 1 is 1.04 bits per heavy atom. The number of halogens is 2. The van der Waals surface area contributed by atoms with Crippen molar-refractivity contribution in [3.63, 3.8) is 0 Å². The van der Waals surface area contributed by atoms with Crippen LogP contribution in [-0.4, -0.2) is 38.7 Å². The fourth-order valence-electron chi connectivity index (χ4n) is 4.11. The van der Waals surface area contributed by atoms with E-state index >= 15 is 0 Å². The molecule has 0 aromatic carbocycles. The van der Waals surface area contributed by atoms with Crippen LogP contribution in [0.1, 0.15) is 68.9 Å². The van der Waals surface area contributed by atoms with E-state index < -0.39 is 0 Å². The van der Waals surface area contributed by atoms with Crippen molar-refractivity contribution in [2.45, 2.75) is 63.5 Å². The predicted molar refractivity (Wildman–Crippen MR) is 113 cm³/mol. The molecule has 27 heavy (non-hydrogen) atoms.